The van der Waals surface area contributed by atoms with E-state index in [0.29, 0.717) is 18.7 Å². The number of rotatable bonds is 7. The quantitative estimate of drug-likeness (QED) is 0.788. The van der Waals surface area contributed by atoms with Gasteiger partial charge in [-0.15, -0.1) is 11.8 Å². The Labute approximate surface area is 131 Å². The van der Waals surface area contributed by atoms with E-state index in [2.05, 4.69) is 18.2 Å². The van der Waals surface area contributed by atoms with Gasteiger partial charge in [-0.3, -0.25) is 4.79 Å². The van der Waals surface area contributed by atoms with Gasteiger partial charge in [0.1, 0.15) is 0 Å². The molecule has 0 saturated carbocycles. The van der Waals surface area contributed by atoms with E-state index in [4.69, 9.17) is 5.11 Å². The Bertz CT molecular complexity index is 488. The van der Waals surface area contributed by atoms with Crippen molar-refractivity contribution >= 4 is 17.7 Å². The molecule has 0 heterocycles. The van der Waals surface area contributed by atoms with Crippen LogP contribution in [0.5, 0.6) is 0 Å². The maximum atomic E-state index is 12.3. The highest BCUT2D eigenvalue weighted by molar-refractivity contribution is 8.00. The van der Waals surface area contributed by atoms with E-state index in [0.717, 1.165) is 0 Å². The van der Waals surface area contributed by atoms with Gasteiger partial charge >= 0.3 is 0 Å². The number of fused-ring (bicyclic) bond motifs is 1. The van der Waals surface area contributed by atoms with Crippen LogP contribution in [0, 0.1) is 0 Å². The molecule has 1 N–H and O–H groups in total. The number of thioether (sulfide) groups is 1. The van der Waals surface area contributed by atoms with Crippen molar-refractivity contribution in [3.05, 3.63) is 29.3 Å². The van der Waals surface area contributed by atoms with Crippen molar-refractivity contribution in [2.45, 2.75) is 50.5 Å². The average Bonchev–Trinajstić information content (AvgIpc) is 2.92. The molecule has 116 valence electrons. The highest BCUT2D eigenvalue weighted by atomic mass is 32.2. The lowest BCUT2D eigenvalue weighted by Crippen LogP contribution is -2.39. The lowest BCUT2D eigenvalue weighted by molar-refractivity contribution is -0.130. The summed E-state index contributed by atoms with van der Waals surface area (Å²) in [6.07, 6.45) is 4.27. The summed E-state index contributed by atoms with van der Waals surface area (Å²) in [6.45, 7) is 4.82. The average molecular weight is 307 g/mol. The summed E-state index contributed by atoms with van der Waals surface area (Å²) in [5.74, 6) is 0.631. The number of carbonyl (C=O) groups is 1. The lowest BCUT2D eigenvalue weighted by Gasteiger charge is -2.26. The molecular formula is C17H25NO2S. The Balaban J connectivity index is 1.90. The van der Waals surface area contributed by atoms with E-state index in [1.807, 2.05) is 18.7 Å². The third kappa shape index (κ3) is 4.48. The Morgan fingerprint density at radius 2 is 2.10 bits per heavy atom. The minimum atomic E-state index is 0.133. The van der Waals surface area contributed by atoms with Crippen molar-refractivity contribution in [3.63, 3.8) is 0 Å². The Hall–Kier alpha value is -1.00. The van der Waals surface area contributed by atoms with Crippen LogP contribution in [-0.4, -0.2) is 40.9 Å². The number of hydrogen-bond acceptors (Lipinski definition) is 3. The van der Waals surface area contributed by atoms with Crippen molar-refractivity contribution in [2.75, 3.05) is 18.9 Å². The van der Waals surface area contributed by atoms with Crippen LogP contribution in [-0.2, 0) is 17.6 Å². The van der Waals surface area contributed by atoms with Gasteiger partial charge in [-0.05, 0) is 62.8 Å². The lowest BCUT2D eigenvalue weighted by atomic mass is 10.1. The second-order valence-corrected chi connectivity index (χ2v) is 6.88. The van der Waals surface area contributed by atoms with Crippen LogP contribution in [0.3, 0.4) is 0 Å². The highest BCUT2D eigenvalue weighted by Crippen LogP contribution is 2.27. The molecule has 4 heteroatoms. The van der Waals surface area contributed by atoms with E-state index in [9.17, 15) is 4.79 Å². The summed E-state index contributed by atoms with van der Waals surface area (Å²) in [7, 11) is 0. The van der Waals surface area contributed by atoms with E-state index in [1.165, 1.54) is 35.3 Å². The van der Waals surface area contributed by atoms with Gasteiger partial charge < -0.3 is 10.0 Å². The van der Waals surface area contributed by atoms with E-state index in [1.54, 1.807) is 11.8 Å². The van der Waals surface area contributed by atoms with Crippen LogP contribution >= 0.6 is 11.8 Å². The van der Waals surface area contributed by atoms with Gasteiger partial charge in [-0.1, -0.05) is 6.07 Å². The molecule has 3 nitrogen and oxygen atoms in total. The summed E-state index contributed by atoms with van der Waals surface area (Å²) < 4.78 is 0. The predicted molar refractivity (Wildman–Crippen MR) is 87.7 cm³/mol. The van der Waals surface area contributed by atoms with Gasteiger partial charge in [0.2, 0.25) is 5.91 Å². The molecule has 0 saturated heterocycles. The molecule has 1 aliphatic carbocycles. The number of aliphatic hydroxyl groups is 1. The molecule has 2 rings (SSSR count). The van der Waals surface area contributed by atoms with E-state index >= 15 is 0 Å². The second-order valence-electron chi connectivity index (χ2n) is 5.83. The molecule has 0 spiro atoms. The van der Waals surface area contributed by atoms with E-state index < -0.39 is 0 Å². The van der Waals surface area contributed by atoms with Gasteiger partial charge in [-0.2, -0.15) is 0 Å². The number of amides is 1. The number of carbonyl (C=O) groups excluding carboxylic acids is 1. The largest absolute Gasteiger partial charge is 0.396 e. The zero-order valence-corrected chi connectivity index (χ0v) is 13.8. The molecule has 1 aliphatic rings. The Morgan fingerprint density at radius 3 is 2.81 bits per heavy atom. The van der Waals surface area contributed by atoms with Crippen molar-refractivity contribution in [1.82, 2.24) is 4.90 Å². The maximum absolute atomic E-state index is 12.3. The fraction of sp³-hybridized carbons (Fsp3) is 0.588. The first-order valence-corrected chi connectivity index (χ1v) is 8.75. The SMILES string of the molecule is CC(C)N(CCCO)C(=O)CSc1ccc2c(c1)CCC2. The number of nitrogens with zero attached hydrogens (tertiary/aromatic N) is 1. The summed E-state index contributed by atoms with van der Waals surface area (Å²) in [5.41, 5.74) is 2.92. The van der Waals surface area contributed by atoms with Gasteiger partial charge in [0.15, 0.2) is 0 Å². The van der Waals surface area contributed by atoms with Crippen LogP contribution < -0.4 is 0 Å². The number of hydrogen-bond donors (Lipinski definition) is 1. The van der Waals surface area contributed by atoms with Crippen LogP contribution in [0.4, 0.5) is 0 Å². The van der Waals surface area contributed by atoms with Crippen LogP contribution in [0.2, 0.25) is 0 Å². The smallest absolute Gasteiger partial charge is 0.233 e. The van der Waals surface area contributed by atoms with Gasteiger partial charge in [0.25, 0.3) is 0 Å². The molecule has 0 aromatic heterocycles. The van der Waals surface area contributed by atoms with E-state index in [-0.39, 0.29) is 18.6 Å². The molecule has 0 unspecified atom stereocenters. The highest BCUT2D eigenvalue weighted by Gasteiger charge is 2.17. The minimum absolute atomic E-state index is 0.133. The fourth-order valence-electron chi connectivity index (χ4n) is 2.78. The molecule has 1 aromatic carbocycles. The fourth-order valence-corrected chi connectivity index (χ4v) is 3.62. The Morgan fingerprint density at radius 1 is 1.33 bits per heavy atom. The van der Waals surface area contributed by atoms with Gasteiger partial charge in [-0.25, -0.2) is 0 Å². The second kappa shape index (κ2) is 7.85. The number of aryl methyl sites for hydroxylation is 2. The predicted octanol–water partition coefficient (Wildman–Crippen LogP) is 2.89. The summed E-state index contributed by atoms with van der Waals surface area (Å²) in [6, 6.07) is 6.77. The Kier molecular flexibility index (Phi) is 6.12. The third-order valence-electron chi connectivity index (χ3n) is 3.93. The molecule has 21 heavy (non-hydrogen) atoms. The molecular weight excluding hydrogens is 282 g/mol. The molecule has 0 atom stereocenters. The summed E-state index contributed by atoms with van der Waals surface area (Å²) in [4.78, 5) is 15.4. The van der Waals surface area contributed by atoms with Crippen molar-refractivity contribution in [2.24, 2.45) is 0 Å². The molecule has 0 radical (unpaired) electrons. The molecule has 0 aliphatic heterocycles. The zero-order chi connectivity index (χ0) is 15.2. The summed E-state index contributed by atoms with van der Waals surface area (Å²) in [5, 5.41) is 8.93. The maximum Gasteiger partial charge on any atom is 0.233 e. The van der Waals surface area contributed by atoms with Gasteiger partial charge in [0, 0.05) is 24.1 Å². The monoisotopic (exact) mass is 307 g/mol. The third-order valence-corrected chi connectivity index (χ3v) is 4.91. The first-order chi connectivity index (χ1) is 10.1. The standard InChI is InChI=1S/C17H25NO2S/c1-13(2)18(9-4-10-19)17(20)12-21-16-8-7-14-5-3-6-15(14)11-16/h7-8,11,13,19H,3-6,9-10,12H2,1-2H3. The van der Waals surface area contributed by atoms with Crippen LogP contribution in [0.25, 0.3) is 0 Å². The number of aliphatic hydroxyl groups excluding tert-OH is 1. The first kappa shape index (κ1) is 16.4. The molecule has 1 amide bonds. The zero-order valence-electron chi connectivity index (χ0n) is 13.0. The van der Waals surface area contributed by atoms with Crippen LogP contribution in [0.1, 0.15) is 37.8 Å². The normalized spacial score (nSPS) is 13.5. The molecule has 0 bridgehead atoms. The number of benzene rings is 1. The summed E-state index contributed by atoms with van der Waals surface area (Å²) >= 11 is 1.62. The first-order valence-electron chi connectivity index (χ1n) is 7.76. The van der Waals surface area contributed by atoms with Crippen molar-refractivity contribution in [1.29, 1.82) is 0 Å². The van der Waals surface area contributed by atoms with Gasteiger partial charge in [0.05, 0.1) is 5.75 Å². The topological polar surface area (TPSA) is 40.5 Å². The van der Waals surface area contributed by atoms with Crippen molar-refractivity contribution in [3.8, 4) is 0 Å². The molecule has 0 fully saturated rings. The van der Waals surface area contributed by atoms with Crippen LogP contribution in [0.15, 0.2) is 23.1 Å². The van der Waals surface area contributed by atoms with Crippen molar-refractivity contribution < 1.29 is 9.90 Å². The minimum Gasteiger partial charge on any atom is -0.396 e. The molecule has 1 aromatic rings.